The first-order valence-electron chi connectivity index (χ1n) is 11.8. The Balaban J connectivity index is 1.82. The van der Waals surface area contributed by atoms with Gasteiger partial charge < -0.3 is 5.73 Å². The van der Waals surface area contributed by atoms with Crippen molar-refractivity contribution in [2.24, 2.45) is 17.1 Å². The van der Waals surface area contributed by atoms with Gasteiger partial charge in [-0.3, -0.25) is 0 Å². The summed E-state index contributed by atoms with van der Waals surface area (Å²) in [6, 6.07) is 0.476. The maximum Gasteiger partial charge on any atom is 0.00671 e. The van der Waals surface area contributed by atoms with Crippen LogP contribution in [0.2, 0.25) is 0 Å². The van der Waals surface area contributed by atoms with Crippen molar-refractivity contribution in [3.8, 4) is 0 Å². The van der Waals surface area contributed by atoms with Crippen molar-refractivity contribution in [3.63, 3.8) is 0 Å². The summed E-state index contributed by atoms with van der Waals surface area (Å²) in [5, 5.41) is 0. The third kappa shape index (κ3) is 12.1. The first-order chi connectivity index (χ1) is 12.0. The summed E-state index contributed by atoms with van der Waals surface area (Å²) in [4.78, 5) is 0. The minimum absolute atomic E-state index is 0.476. The predicted molar refractivity (Wildman–Crippen MR) is 114 cm³/mol. The molecule has 150 valence electrons. The lowest BCUT2D eigenvalue weighted by Gasteiger charge is -2.36. The van der Waals surface area contributed by atoms with Crippen molar-refractivity contribution in [1.29, 1.82) is 0 Å². The van der Waals surface area contributed by atoms with Crippen LogP contribution in [0, 0.1) is 11.3 Å². The van der Waals surface area contributed by atoms with Gasteiger partial charge in [-0.15, -0.1) is 0 Å². The van der Waals surface area contributed by atoms with Crippen molar-refractivity contribution >= 4 is 0 Å². The fourth-order valence-electron chi connectivity index (χ4n) is 4.48. The summed E-state index contributed by atoms with van der Waals surface area (Å²) in [6.07, 6.45) is 25.4. The summed E-state index contributed by atoms with van der Waals surface area (Å²) in [5.74, 6) is 0.811. The molecule has 1 nitrogen and oxygen atoms in total. The topological polar surface area (TPSA) is 26.0 Å². The quantitative estimate of drug-likeness (QED) is 0.297. The monoisotopic (exact) mass is 351 g/mol. The average molecular weight is 352 g/mol. The van der Waals surface area contributed by atoms with Gasteiger partial charge in [0.05, 0.1) is 0 Å². The van der Waals surface area contributed by atoms with Gasteiger partial charge in [0, 0.05) is 6.04 Å². The van der Waals surface area contributed by atoms with Crippen LogP contribution < -0.4 is 5.73 Å². The number of rotatable bonds is 15. The highest BCUT2D eigenvalue weighted by Crippen LogP contribution is 2.39. The molecule has 25 heavy (non-hydrogen) atoms. The van der Waals surface area contributed by atoms with Gasteiger partial charge in [0.25, 0.3) is 0 Å². The maximum atomic E-state index is 6.48. The highest BCUT2D eigenvalue weighted by atomic mass is 14.7. The van der Waals surface area contributed by atoms with Crippen molar-refractivity contribution in [3.05, 3.63) is 0 Å². The largest absolute Gasteiger partial charge is 0.327 e. The third-order valence-electron chi connectivity index (χ3n) is 6.63. The molecule has 1 rings (SSSR count). The van der Waals surface area contributed by atoms with Gasteiger partial charge in [0.15, 0.2) is 0 Å². The molecule has 0 aromatic carbocycles. The van der Waals surface area contributed by atoms with E-state index in [0.717, 1.165) is 5.92 Å². The predicted octanol–water partition coefficient (Wildman–Crippen LogP) is 8.01. The van der Waals surface area contributed by atoms with E-state index in [9.17, 15) is 0 Å². The zero-order chi connectivity index (χ0) is 18.4. The van der Waals surface area contributed by atoms with Gasteiger partial charge in [0.2, 0.25) is 0 Å². The van der Waals surface area contributed by atoms with Crippen LogP contribution in [0.25, 0.3) is 0 Å². The first-order valence-corrected chi connectivity index (χ1v) is 11.8. The number of unbranched alkanes of at least 4 members (excludes halogenated alkanes) is 12. The second-order valence-corrected chi connectivity index (χ2v) is 9.70. The highest BCUT2D eigenvalue weighted by Gasteiger charge is 2.29. The minimum atomic E-state index is 0.476. The van der Waals surface area contributed by atoms with Gasteiger partial charge in [-0.2, -0.15) is 0 Å². The van der Waals surface area contributed by atoms with Crippen LogP contribution in [-0.2, 0) is 0 Å². The Morgan fingerprint density at radius 2 is 1.12 bits per heavy atom. The SMILES string of the molecule is CCCCCCCCCCCCCCCC(N)C1CCC(C)(C)CC1. The Labute approximate surface area is 159 Å². The molecule has 1 saturated carbocycles. The van der Waals surface area contributed by atoms with E-state index in [-0.39, 0.29) is 0 Å². The van der Waals surface area contributed by atoms with Gasteiger partial charge in [-0.05, 0) is 43.4 Å². The molecule has 0 amide bonds. The molecule has 0 aromatic heterocycles. The Hall–Kier alpha value is -0.0400. The second kappa shape index (κ2) is 14.1. The van der Waals surface area contributed by atoms with Gasteiger partial charge in [-0.1, -0.05) is 104 Å². The Bertz CT molecular complexity index is 286. The lowest BCUT2D eigenvalue weighted by Crippen LogP contribution is -2.34. The fourth-order valence-corrected chi connectivity index (χ4v) is 4.48. The van der Waals surface area contributed by atoms with Crippen LogP contribution in [0.1, 0.15) is 136 Å². The van der Waals surface area contributed by atoms with Crippen molar-refractivity contribution < 1.29 is 0 Å². The Morgan fingerprint density at radius 3 is 1.56 bits per heavy atom. The van der Waals surface area contributed by atoms with Crippen LogP contribution in [0.15, 0.2) is 0 Å². The standard InChI is InChI=1S/C24H49N/c1-4-5-6-7-8-9-10-11-12-13-14-15-16-17-23(25)22-18-20-24(2,3)21-19-22/h22-23H,4-21,25H2,1-3H3. The van der Waals surface area contributed by atoms with E-state index >= 15 is 0 Å². The van der Waals surface area contributed by atoms with Crippen molar-refractivity contribution in [2.45, 2.75) is 142 Å². The lowest BCUT2D eigenvalue weighted by atomic mass is 9.70. The summed E-state index contributed by atoms with van der Waals surface area (Å²) in [6.45, 7) is 7.13. The fraction of sp³-hybridized carbons (Fsp3) is 1.00. The number of hydrogen-bond donors (Lipinski definition) is 1. The molecule has 0 spiro atoms. The van der Waals surface area contributed by atoms with Gasteiger partial charge in [0.1, 0.15) is 0 Å². The molecule has 1 aliphatic rings. The lowest BCUT2D eigenvalue weighted by molar-refractivity contribution is 0.169. The van der Waals surface area contributed by atoms with Crippen LogP contribution >= 0.6 is 0 Å². The average Bonchev–Trinajstić information content (AvgIpc) is 2.58. The molecule has 1 unspecified atom stereocenters. The van der Waals surface area contributed by atoms with Gasteiger partial charge in [-0.25, -0.2) is 0 Å². The van der Waals surface area contributed by atoms with Crippen LogP contribution in [-0.4, -0.2) is 6.04 Å². The zero-order valence-electron chi connectivity index (χ0n) is 18.0. The van der Waals surface area contributed by atoms with E-state index < -0.39 is 0 Å². The molecular weight excluding hydrogens is 302 g/mol. The smallest absolute Gasteiger partial charge is 0.00671 e. The summed E-state index contributed by atoms with van der Waals surface area (Å²) >= 11 is 0. The molecule has 2 N–H and O–H groups in total. The van der Waals surface area contributed by atoms with E-state index in [0.29, 0.717) is 11.5 Å². The van der Waals surface area contributed by atoms with E-state index in [1.165, 1.54) is 116 Å². The van der Waals surface area contributed by atoms with E-state index in [2.05, 4.69) is 20.8 Å². The molecule has 0 radical (unpaired) electrons. The van der Waals surface area contributed by atoms with Crippen molar-refractivity contribution in [2.75, 3.05) is 0 Å². The Kier molecular flexibility index (Phi) is 12.9. The third-order valence-corrected chi connectivity index (χ3v) is 6.63. The molecule has 0 aromatic rings. The summed E-state index contributed by atoms with van der Waals surface area (Å²) < 4.78 is 0. The maximum absolute atomic E-state index is 6.48. The van der Waals surface area contributed by atoms with E-state index in [4.69, 9.17) is 5.73 Å². The molecule has 0 bridgehead atoms. The van der Waals surface area contributed by atoms with Crippen LogP contribution in [0.3, 0.4) is 0 Å². The molecule has 0 saturated heterocycles. The van der Waals surface area contributed by atoms with E-state index in [1.807, 2.05) is 0 Å². The molecule has 1 aliphatic carbocycles. The summed E-state index contributed by atoms with van der Waals surface area (Å²) in [7, 11) is 0. The van der Waals surface area contributed by atoms with Crippen LogP contribution in [0.4, 0.5) is 0 Å². The molecule has 1 fully saturated rings. The first kappa shape index (κ1) is 23.0. The molecule has 0 aliphatic heterocycles. The highest BCUT2D eigenvalue weighted by molar-refractivity contribution is 4.83. The second-order valence-electron chi connectivity index (χ2n) is 9.70. The number of nitrogens with two attached hydrogens (primary N) is 1. The minimum Gasteiger partial charge on any atom is -0.327 e. The zero-order valence-corrected chi connectivity index (χ0v) is 18.0. The van der Waals surface area contributed by atoms with E-state index in [1.54, 1.807) is 0 Å². The molecule has 1 heteroatoms. The molecular formula is C24H49N. The van der Waals surface area contributed by atoms with Gasteiger partial charge >= 0.3 is 0 Å². The van der Waals surface area contributed by atoms with Crippen LogP contribution in [0.5, 0.6) is 0 Å². The normalized spacial score (nSPS) is 19.2. The number of hydrogen-bond acceptors (Lipinski definition) is 1. The Morgan fingerprint density at radius 1 is 0.720 bits per heavy atom. The molecule has 1 atom stereocenters. The summed E-state index contributed by atoms with van der Waals surface area (Å²) in [5.41, 5.74) is 7.05. The van der Waals surface area contributed by atoms with Crippen molar-refractivity contribution in [1.82, 2.24) is 0 Å². The molecule has 0 heterocycles.